The Hall–Kier alpha value is -3.00. The van der Waals surface area contributed by atoms with Crippen LogP contribution in [-0.2, 0) is 10.0 Å². The van der Waals surface area contributed by atoms with Crippen LogP contribution in [0.15, 0.2) is 65.7 Å². The summed E-state index contributed by atoms with van der Waals surface area (Å²) in [5, 5.41) is 11.3. The number of nitrogens with zero attached hydrogens (tertiary/aromatic N) is 2. The molecule has 0 fully saturated rings. The molecule has 1 heterocycles. The number of rotatable bonds is 4. The van der Waals surface area contributed by atoms with Gasteiger partial charge >= 0.3 is 0 Å². The zero-order chi connectivity index (χ0) is 16.4. The van der Waals surface area contributed by atoms with Crippen molar-refractivity contribution in [1.29, 1.82) is 0 Å². The van der Waals surface area contributed by atoms with E-state index in [-0.39, 0.29) is 27.2 Å². The fourth-order valence-electron chi connectivity index (χ4n) is 2.20. The van der Waals surface area contributed by atoms with E-state index in [1.165, 1.54) is 36.5 Å². The summed E-state index contributed by atoms with van der Waals surface area (Å²) in [4.78, 5) is 14.7. The average Bonchev–Trinajstić information content (AvgIpc) is 2.55. The fourth-order valence-corrected chi connectivity index (χ4v) is 3.29. The number of nitro benzene ring substituents is 1. The number of anilines is 1. The minimum atomic E-state index is -3.80. The van der Waals surface area contributed by atoms with Gasteiger partial charge in [-0.25, -0.2) is 8.42 Å². The standard InChI is InChI=1S/C15H11N3O4S/c19-18(20)14-9-8-13(15-12(14)7-4-10-16-15)17-23(21,22)11-5-2-1-3-6-11/h1-10,17H. The van der Waals surface area contributed by atoms with Crippen molar-refractivity contribution >= 4 is 32.3 Å². The largest absolute Gasteiger partial charge is 0.278 e. The highest BCUT2D eigenvalue weighted by molar-refractivity contribution is 7.92. The van der Waals surface area contributed by atoms with Crippen molar-refractivity contribution in [3.05, 3.63) is 70.9 Å². The van der Waals surface area contributed by atoms with Crippen molar-refractivity contribution in [2.24, 2.45) is 0 Å². The normalized spacial score (nSPS) is 11.3. The molecule has 2 aromatic carbocycles. The number of nitrogens with one attached hydrogen (secondary N) is 1. The van der Waals surface area contributed by atoms with Crippen LogP contribution in [-0.4, -0.2) is 18.3 Å². The lowest BCUT2D eigenvalue weighted by Gasteiger charge is -2.10. The maximum atomic E-state index is 12.4. The van der Waals surface area contributed by atoms with Crippen LogP contribution in [0.4, 0.5) is 11.4 Å². The molecule has 0 aliphatic heterocycles. The number of sulfonamides is 1. The second-order valence-corrected chi connectivity index (χ2v) is 6.39. The van der Waals surface area contributed by atoms with Crippen LogP contribution in [0.5, 0.6) is 0 Å². The zero-order valence-corrected chi connectivity index (χ0v) is 12.5. The van der Waals surface area contributed by atoms with E-state index in [4.69, 9.17) is 0 Å². The summed E-state index contributed by atoms with van der Waals surface area (Å²) < 4.78 is 27.2. The molecule has 0 aliphatic rings. The summed E-state index contributed by atoms with van der Waals surface area (Å²) in [6.45, 7) is 0. The smallest absolute Gasteiger partial charge is 0.277 e. The Balaban J connectivity index is 2.12. The van der Waals surface area contributed by atoms with E-state index in [0.717, 1.165) is 0 Å². The Morgan fingerprint density at radius 3 is 2.43 bits per heavy atom. The Morgan fingerprint density at radius 1 is 1.00 bits per heavy atom. The highest BCUT2D eigenvalue weighted by Crippen LogP contribution is 2.30. The van der Waals surface area contributed by atoms with Gasteiger partial charge in [0.1, 0.15) is 5.52 Å². The van der Waals surface area contributed by atoms with Gasteiger partial charge in [0.25, 0.3) is 15.7 Å². The van der Waals surface area contributed by atoms with E-state index in [1.807, 2.05) is 0 Å². The number of benzene rings is 2. The van der Waals surface area contributed by atoms with Gasteiger partial charge in [-0.3, -0.25) is 19.8 Å². The van der Waals surface area contributed by atoms with Crippen LogP contribution in [0, 0.1) is 10.1 Å². The van der Waals surface area contributed by atoms with E-state index in [2.05, 4.69) is 9.71 Å². The van der Waals surface area contributed by atoms with Crippen LogP contribution in [0.3, 0.4) is 0 Å². The Bertz CT molecular complexity index is 988. The predicted molar refractivity (Wildman–Crippen MR) is 85.6 cm³/mol. The molecule has 0 amide bonds. The first-order valence-corrected chi connectivity index (χ1v) is 8.07. The Kier molecular flexibility index (Phi) is 3.67. The van der Waals surface area contributed by atoms with Crippen molar-refractivity contribution in [2.45, 2.75) is 4.90 Å². The molecule has 3 aromatic rings. The molecule has 0 aliphatic carbocycles. The van der Waals surface area contributed by atoms with E-state index >= 15 is 0 Å². The molecule has 0 bridgehead atoms. The van der Waals surface area contributed by atoms with Gasteiger partial charge in [-0.15, -0.1) is 0 Å². The first-order valence-electron chi connectivity index (χ1n) is 6.59. The van der Waals surface area contributed by atoms with Gasteiger partial charge in [-0.05, 0) is 30.3 Å². The second-order valence-electron chi connectivity index (χ2n) is 4.71. The second kappa shape index (κ2) is 5.65. The molecule has 8 heteroatoms. The first-order chi connectivity index (χ1) is 11.0. The number of pyridine rings is 1. The summed E-state index contributed by atoms with van der Waals surface area (Å²) in [5.74, 6) is 0. The minimum Gasteiger partial charge on any atom is -0.277 e. The highest BCUT2D eigenvalue weighted by Gasteiger charge is 2.19. The van der Waals surface area contributed by atoms with Gasteiger partial charge in [-0.1, -0.05) is 18.2 Å². The average molecular weight is 329 g/mol. The number of aromatic nitrogens is 1. The molecule has 0 saturated heterocycles. The molecule has 0 saturated carbocycles. The Labute approximate surface area is 131 Å². The zero-order valence-electron chi connectivity index (χ0n) is 11.7. The van der Waals surface area contributed by atoms with E-state index < -0.39 is 14.9 Å². The van der Waals surface area contributed by atoms with E-state index in [1.54, 1.807) is 24.3 Å². The number of nitro groups is 1. The van der Waals surface area contributed by atoms with E-state index in [9.17, 15) is 18.5 Å². The molecular formula is C15H11N3O4S. The van der Waals surface area contributed by atoms with Crippen LogP contribution in [0.25, 0.3) is 10.9 Å². The summed E-state index contributed by atoms with van der Waals surface area (Å²) >= 11 is 0. The third-order valence-electron chi connectivity index (χ3n) is 3.24. The lowest BCUT2D eigenvalue weighted by Crippen LogP contribution is -2.13. The highest BCUT2D eigenvalue weighted by atomic mass is 32.2. The van der Waals surface area contributed by atoms with Crippen molar-refractivity contribution in [1.82, 2.24) is 4.98 Å². The van der Waals surface area contributed by atoms with Gasteiger partial charge in [-0.2, -0.15) is 0 Å². The maximum Gasteiger partial charge on any atom is 0.278 e. The third kappa shape index (κ3) is 2.84. The minimum absolute atomic E-state index is 0.0995. The molecule has 1 aromatic heterocycles. The molecule has 0 unspecified atom stereocenters. The lowest BCUT2D eigenvalue weighted by molar-refractivity contribution is -0.383. The van der Waals surface area contributed by atoms with Gasteiger partial charge in [0.2, 0.25) is 0 Å². The number of hydrogen-bond acceptors (Lipinski definition) is 5. The van der Waals surface area contributed by atoms with Crippen LogP contribution in [0.1, 0.15) is 0 Å². The number of fused-ring (bicyclic) bond motifs is 1. The van der Waals surface area contributed by atoms with Crippen molar-refractivity contribution in [2.75, 3.05) is 4.72 Å². The van der Waals surface area contributed by atoms with Crippen LogP contribution >= 0.6 is 0 Å². The van der Waals surface area contributed by atoms with Crippen LogP contribution < -0.4 is 4.72 Å². The number of non-ortho nitro benzene ring substituents is 1. The van der Waals surface area contributed by atoms with Gasteiger partial charge < -0.3 is 0 Å². The molecular weight excluding hydrogens is 318 g/mol. The molecule has 0 atom stereocenters. The van der Waals surface area contributed by atoms with Crippen LogP contribution in [0.2, 0.25) is 0 Å². The first kappa shape index (κ1) is 14.9. The summed E-state index contributed by atoms with van der Waals surface area (Å²) in [5.41, 5.74) is 0.284. The predicted octanol–water partition coefficient (Wildman–Crippen LogP) is 2.94. The molecule has 23 heavy (non-hydrogen) atoms. The fraction of sp³-hybridized carbons (Fsp3) is 0. The van der Waals surface area contributed by atoms with Gasteiger partial charge in [0.15, 0.2) is 0 Å². The molecule has 7 nitrogen and oxygen atoms in total. The lowest BCUT2D eigenvalue weighted by atomic mass is 10.1. The van der Waals surface area contributed by atoms with Crippen molar-refractivity contribution in [3.63, 3.8) is 0 Å². The monoisotopic (exact) mass is 329 g/mol. The Morgan fingerprint density at radius 2 is 1.74 bits per heavy atom. The van der Waals surface area contributed by atoms with Crippen molar-refractivity contribution < 1.29 is 13.3 Å². The SMILES string of the molecule is O=[N+]([O-])c1ccc(NS(=O)(=O)c2ccccc2)c2ncccc12. The molecule has 116 valence electrons. The molecule has 0 radical (unpaired) electrons. The molecule has 1 N–H and O–H groups in total. The summed E-state index contributed by atoms with van der Waals surface area (Å²) in [6.07, 6.45) is 1.45. The third-order valence-corrected chi connectivity index (χ3v) is 4.62. The van der Waals surface area contributed by atoms with Crippen molar-refractivity contribution in [3.8, 4) is 0 Å². The molecule has 3 rings (SSSR count). The maximum absolute atomic E-state index is 12.4. The summed E-state index contributed by atoms with van der Waals surface area (Å²) in [6, 6.07) is 13.5. The van der Waals surface area contributed by atoms with Gasteiger partial charge in [0, 0.05) is 12.3 Å². The summed E-state index contributed by atoms with van der Waals surface area (Å²) in [7, 11) is -3.80. The number of hydrogen-bond donors (Lipinski definition) is 1. The van der Waals surface area contributed by atoms with Gasteiger partial charge in [0.05, 0.1) is 20.9 Å². The quantitative estimate of drug-likeness (QED) is 0.585. The topological polar surface area (TPSA) is 102 Å². The van der Waals surface area contributed by atoms with E-state index in [0.29, 0.717) is 0 Å². The molecule has 0 spiro atoms.